The van der Waals surface area contributed by atoms with Crippen LogP contribution in [0.15, 0.2) is 0 Å². The number of ether oxygens (including phenoxy) is 1. The third kappa shape index (κ3) is 3.26. The average molecular weight is 268 g/mol. The van der Waals surface area contributed by atoms with Crippen LogP contribution in [0.3, 0.4) is 0 Å². The summed E-state index contributed by atoms with van der Waals surface area (Å²) in [6.07, 6.45) is 2.52. The minimum Gasteiger partial charge on any atom is -0.466 e. The molecule has 0 aromatic rings. The molecule has 2 atom stereocenters. The lowest BCUT2D eigenvalue weighted by atomic mass is 9.95. The SMILES string of the molecule is CCOC(=O)C1CCN(C(=O)C2NCCC2C)CC1. The zero-order valence-electron chi connectivity index (χ0n) is 11.9. The maximum absolute atomic E-state index is 12.4. The van der Waals surface area contributed by atoms with E-state index in [1.807, 2.05) is 11.8 Å². The second-order valence-electron chi connectivity index (χ2n) is 5.55. The maximum Gasteiger partial charge on any atom is 0.309 e. The molecule has 0 aromatic heterocycles. The second-order valence-corrected chi connectivity index (χ2v) is 5.55. The molecule has 0 bridgehead atoms. The van der Waals surface area contributed by atoms with Gasteiger partial charge in [-0.05, 0) is 38.6 Å². The Labute approximate surface area is 114 Å². The number of nitrogens with one attached hydrogen (secondary N) is 1. The normalized spacial score (nSPS) is 28.4. The molecular weight excluding hydrogens is 244 g/mol. The Balaban J connectivity index is 1.82. The van der Waals surface area contributed by atoms with E-state index >= 15 is 0 Å². The molecule has 1 amide bonds. The fourth-order valence-electron chi connectivity index (χ4n) is 2.96. The van der Waals surface area contributed by atoms with Crippen molar-refractivity contribution in [1.82, 2.24) is 10.2 Å². The maximum atomic E-state index is 12.4. The van der Waals surface area contributed by atoms with Crippen LogP contribution >= 0.6 is 0 Å². The molecule has 5 nitrogen and oxygen atoms in total. The first-order valence-corrected chi connectivity index (χ1v) is 7.32. The summed E-state index contributed by atoms with van der Waals surface area (Å²) in [5, 5.41) is 3.27. The monoisotopic (exact) mass is 268 g/mol. The van der Waals surface area contributed by atoms with E-state index in [2.05, 4.69) is 12.2 Å². The summed E-state index contributed by atoms with van der Waals surface area (Å²) in [4.78, 5) is 25.9. The van der Waals surface area contributed by atoms with E-state index < -0.39 is 0 Å². The van der Waals surface area contributed by atoms with Gasteiger partial charge < -0.3 is 15.0 Å². The van der Waals surface area contributed by atoms with Crippen LogP contribution in [0.4, 0.5) is 0 Å². The van der Waals surface area contributed by atoms with Crippen LogP contribution in [0.1, 0.15) is 33.1 Å². The van der Waals surface area contributed by atoms with E-state index in [-0.39, 0.29) is 23.8 Å². The molecule has 2 aliphatic rings. The van der Waals surface area contributed by atoms with Gasteiger partial charge in [0.25, 0.3) is 0 Å². The lowest BCUT2D eigenvalue weighted by Crippen LogP contribution is -2.49. The minimum atomic E-state index is -0.109. The standard InChI is InChI=1S/C14H24N2O3/c1-3-19-14(18)11-5-8-16(9-6-11)13(17)12-10(2)4-7-15-12/h10-12,15H,3-9H2,1-2H3. The van der Waals surface area contributed by atoms with E-state index in [1.165, 1.54) is 0 Å². The number of hydrogen-bond donors (Lipinski definition) is 1. The van der Waals surface area contributed by atoms with Gasteiger partial charge in [0.05, 0.1) is 18.6 Å². The number of carbonyl (C=O) groups is 2. The van der Waals surface area contributed by atoms with Gasteiger partial charge in [-0.2, -0.15) is 0 Å². The van der Waals surface area contributed by atoms with Crippen molar-refractivity contribution in [2.24, 2.45) is 11.8 Å². The van der Waals surface area contributed by atoms with Crippen molar-refractivity contribution in [1.29, 1.82) is 0 Å². The van der Waals surface area contributed by atoms with Crippen molar-refractivity contribution in [3.05, 3.63) is 0 Å². The van der Waals surface area contributed by atoms with Gasteiger partial charge in [0.2, 0.25) is 5.91 Å². The molecule has 2 heterocycles. The lowest BCUT2D eigenvalue weighted by Gasteiger charge is -2.33. The van der Waals surface area contributed by atoms with E-state index in [4.69, 9.17) is 4.74 Å². The first-order chi connectivity index (χ1) is 9.13. The first-order valence-electron chi connectivity index (χ1n) is 7.32. The highest BCUT2D eigenvalue weighted by Crippen LogP contribution is 2.22. The van der Waals surface area contributed by atoms with E-state index in [9.17, 15) is 9.59 Å². The number of carbonyl (C=O) groups excluding carboxylic acids is 2. The fourth-order valence-corrected chi connectivity index (χ4v) is 2.96. The molecule has 2 aliphatic heterocycles. The summed E-state index contributed by atoms with van der Waals surface area (Å²) in [6, 6.07) is -0.0286. The van der Waals surface area contributed by atoms with Gasteiger partial charge in [-0.25, -0.2) is 0 Å². The largest absolute Gasteiger partial charge is 0.466 e. The number of nitrogens with zero attached hydrogens (tertiary/aromatic N) is 1. The molecule has 5 heteroatoms. The van der Waals surface area contributed by atoms with Crippen molar-refractivity contribution in [2.75, 3.05) is 26.2 Å². The first kappa shape index (κ1) is 14.3. The number of rotatable bonds is 3. The van der Waals surface area contributed by atoms with Gasteiger partial charge in [0.15, 0.2) is 0 Å². The van der Waals surface area contributed by atoms with Gasteiger partial charge in [-0.15, -0.1) is 0 Å². The van der Waals surface area contributed by atoms with Crippen LogP contribution in [-0.2, 0) is 14.3 Å². The van der Waals surface area contributed by atoms with Gasteiger partial charge in [0.1, 0.15) is 0 Å². The van der Waals surface area contributed by atoms with Crippen molar-refractivity contribution in [2.45, 2.75) is 39.2 Å². The number of esters is 1. The lowest BCUT2D eigenvalue weighted by molar-refractivity contribution is -0.151. The van der Waals surface area contributed by atoms with Gasteiger partial charge in [-0.3, -0.25) is 9.59 Å². The van der Waals surface area contributed by atoms with Gasteiger partial charge in [0, 0.05) is 13.1 Å². The second kappa shape index (κ2) is 6.37. The number of piperidine rings is 1. The molecule has 2 fully saturated rings. The molecule has 2 unspecified atom stereocenters. The predicted molar refractivity (Wildman–Crippen MR) is 71.5 cm³/mol. The Morgan fingerprint density at radius 3 is 2.47 bits per heavy atom. The van der Waals surface area contributed by atoms with Crippen LogP contribution in [0.25, 0.3) is 0 Å². The van der Waals surface area contributed by atoms with E-state index in [0.717, 1.165) is 25.8 Å². The number of likely N-dealkylation sites (tertiary alicyclic amines) is 1. The van der Waals surface area contributed by atoms with Crippen molar-refractivity contribution in [3.8, 4) is 0 Å². The summed E-state index contributed by atoms with van der Waals surface area (Å²) in [7, 11) is 0. The highest BCUT2D eigenvalue weighted by atomic mass is 16.5. The van der Waals surface area contributed by atoms with Crippen molar-refractivity contribution < 1.29 is 14.3 Å². The zero-order valence-corrected chi connectivity index (χ0v) is 11.9. The molecule has 108 valence electrons. The quantitative estimate of drug-likeness (QED) is 0.769. The molecule has 0 aromatic carbocycles. The third-order valence-corrected chi connectivity index (χ3v) is 4.23. The topological polar surface area (TPSA) is 58.6 Å². The number of hydrogen-bond acceptors (Lipinski definition) is 4. The van der Waals surface area contributed by atoms with Crippen LogP contribution in [0, 0.1) is 11.8 Å². The third-order valence-electron chi connectivity index (χ3n) is 4.23. The molecule has 2 saturated heterocycles. The predicted octanol–water partition coefficient (Wildman–Crippen LogP) is 0.786. The Morgan fingerprint density at radius 1 is 1.26 bits per heavy atom. The summed E-state index contributed by atoms with van der Waals surface area (Å²) >= 11 is 0. The summed E-state index contributed by atoms with van der Waals surface area (Å²) in [5.41, 5.74) is 0. The Morgan fingerprint density at radius 2 is 1.95 bits per heavy atom. The Bertz CT molecular complexity index is 338. The molecule has 2 rings (SSSR count). The Hall–Kier alpha value is -1.10. The van der Waals surface area contributed by atoms with Crippen LogP contribution in [0.2, 0.25) is 0 Å². The average Bonchev–Trinajstić information content (AvgIpc) is 2.84. The van der Waals surface area contributed by atoms with Gasteiger partial charge in [-0.1, -0.05) is 6.92 Å². The van der Waals surface area contributed by atoms with E-state index in [0.29, 0.717) is 25.6 Å². The molecule has 1 N–H and O–H groups in total. The van der Waals surface area contributed by atoms with Crippen LogP contribution in [-0.4, -0.2) is 49.1 Å². The van der Waals surface area contributed by atoms with E-state index in [1.54, 1.807) is 0 Å². The van der Waals surface area contributed by atoms with Crippen molar-refractivity contribution in [3.63, 3.8) is 0 Å². The summed E-state index contributed by atoms with van der Waals surface area (Å²) in [6.45, 7) is 6.65. The van der Waals surface area contributed by atoms with Crippen molar-refractivity contribution >= 4 is 11.9 Å². The summed E-state index contributed by atoms with van der Waals surface area (Å²) in [5.74, 6) is 0.475. The molecular formula is C14H24N2O3. The summed E-state index contributed by atoms with van der Waals surface area (Å²) < 4.78 is 5.04. The highest BCUT2D eigenvalue weighted by Gasteiger charge is 2.35. The molecule has 0 saturated carbocycles. The molecule has 0 aliphatic carbocycles. The van der Waals surface area contributed by atoms with Gasteiger partial charge >= 0.3 is 5.97 Å². The molecule has 0 spiro atoms. The molecule has 0 radical (unpaired) electrons. The minimum absolute atomic E-state index is 0.0286. The van der Waals surface area contributed by atoms with Crippen LogP contribution < -0.4 is 5.32 Å². The van der Waals surface area contributed by atoms with Crippen LogP contribution in [0.5, 0.6) is 0 Å². The Kier molecular flexibility index (Phi) is 4.80. The molecule has 19 heavy (non-hydrogen) atoms. The highest BCUT2D eigenvalue weighted by molar-refractivity contribution is 5.83. The fraction of sp³-hybridized carbons (Fsp3) is 0.857. The zero-order chi connectivity index (χ0) is 13.8. The smallest absolute Gasteiger partial charge is 0.309 e. The number of amides is 1.